The first kappa shape index (κ1) is 21.8. The summed E-state index contributed by atoms with van der Waals surface area (Å²) in [6.45, 7) is 17.8. The molecule has 0 aliphatic carbocycles. The third-order valence-electron chi connectivity index (χ3n) is 6.39. The summed E-state index contributed by atoms with van der Waals surface area (Å²) in [6.07, 6.45) is 4.42. The number of nitrogens with zero attached hydrogens (tertiary/aromatic N) is 1. The number of hydrogen-bond acceptors (Lipinski definition) is 2. The molecular formula is C26H39N2O+. The van der Waals surface area contributed by atoms with Crippen LogP contribution in [-0.4, -0.2) is 23.2 Å². The summed E-state index contributed by atoms with van der Waals surface area (Å²) < 4.78 is 0. The molecule has 0 radical (unpaired) electrons. The van der Waals surface area contributed by atoms with Gasteiger partial charge in [-0.05, 0) is 53.9 Å². The summed E-state index contributed by atoms with van der Waals surface area (Å²) >= 11 is 0. The Labute approximate surface area is 177 Å². The second-order valence-electron chi connectivity index (χ2n) is 11.0. The minimum absolute atomic E-state index is 0.124. The molecule has 1 fully saturated rings. The number of aromatic nitrogens is 1. The second-order valence-corrected chi connectivity index (χ2v) is 11.0. The Morgan fingerprint density at radius 1 is 0.966 bits per heavy atom. The maximum atomic E-state index is 11.2. The number of hydrogen-bond donors (Lipinski definition) is 2. The lowest BCUT2D eigenvalue weighted by Gasteiger charge is -2.35. The van der Waals surface area contributed by atoms with Crippen molar-refractivity contribution in [1.82, 2.24) is 4.98 Å². The van der Waals surface area contributed by atoms with E-state index in [4.69, 9.17) is 4.98 Å². The van der Waals surface area contributed by atoms with E-state index >= 15 is 0 Å². The Hall–Kier alpha value is -1.87. The SMILES string of the molecule is CC1CC[NH+]([C@H](c2cc(C(C)(C)C)c(O)c(C(C)(C)C)c2)c2ccccn2)CC1. The summed E-state index contributed by atoms with van der Waals surface area (Å²) in [7, 11) is 0. The summed E-state index contributed by atoms with van der Waals surface area (Å²) in [5.74, 6) is 1.26. The minimum Gasteiger partial charge on any atom is -0.507 e. The van der Waals surface area contributed by atoms with Crippen molar-refractivity contribution in [3.8, 4) is 5.75 Å². The van der Waals surface area contributed by atoms with Crippen molar-refractivity contribution in [2.45, 2.75) is 78.2 Å². The highest BCUT2D eigenvalue weighted by atomic mass is 16.3. The molecule has 1 atom stereocenters. The van der Waals surface area contributed by atoms with Crippen LogP contribution in [0.1, 0.15) is 89.7 Å². The van der Waals surface area contributed by atoms with Gasteiger partial charge in [0.05, 0.1) is 13.1 Å². The maximum absolute atomic E-state index is 11.2. The Kier molecular flexibility index (Phi) is 6.10. The Morgan fingerprint density at radius 2 is 1.52 bits per heavy atom. The van der Waals surface area contributed by atoms with Gasteiger partial charge in [-0.2, -0.15) is 0 Å². The molecule has 1 aromatic carbocycles. The zero-order chi connectivity index (χ0) is 21.4. The number of benzene rings is 1. The van der Waals surface area contributed by atoms with Gasteiger partial charge < -0.3 is 10.0 Å². The molecule has 3 nitrogen and oxygen atoms in total. The van der Waals surface area contributed by atoms with E-state index in [-0.39, 0.29) is 16.9 Å². The van der Waals surface area contributed by atoms with E-state index in [1.165, 1.54) is 31.5 Å². The highest BCUT2D eigenvalue weighted by Crippen LogP contribution is 2.41. The number of pyridine rings is 1. The van der Waals surface area contributed by atoms with Crippen LogP contribution in [0.3, 0.4) is 0 Å². The standard InChI is InChI=1S/C26H38N2O/c1-18-11-14-28(15-12-18)23(22-10-8-9-13-27-22)19-16-20(25(2,3)4)24(29)21(17-19)26(5,6)7/h8-10,13,16-18,23,29H,11-12,14-15H2,1-7H3/p+1/t23-/m1/s1. The monoisotopic (exact) mass is 395 g/mol. The molecule has 1 saturated heterocycles. The number of likely N-dealkylation sites (tertiary alicyclic amines) is 1. The third kappa shape index (κ3) is 4.83. The molecular weight excluding hydrogens is 356 g/mol. The molecule has 1 aliphatic heterocycles. The van der Waals surface area contributed by atoms with Crippen LogP contribution in [0, 0.1) is 5.92 Å². The largest absolute Gasteiger partial charge is 0.507 e. The molecule has 0 bridgehead atoms. The fourth-order valence-electron chi connectivity index (χ4n) is 4.55. The van der Waals surface area contributed by atoms with Crippen molar-refractivity contribution in [2.75, 3.05) is 13.1 Å². The first-order valence-corrected chi connectivity index (χ1v) is 11.1. The molecule has 2 heterocycles. The van der Waals surface area contributed by atoms with Crippen molar-refractivity contribution in [2.24, 2.45) is 5.92 Å². The van der Waals surface area contributed by atoms with Gasteiger partial charge in [0.15, 0.2) is 6.04 Å². The van der Waals surface area contributed by atoms with Gasteiger partial charge in [-0.15, -0.1) is 0 Å². The maximum Gasteiger partial charge on any atom is 0.156 e. The van der Waals surface area contributed by atoms with Crippen molar-refractivity contribution >= 4 is 0 Å². The molecule has 1 aromatic heterocycles. The van der Waals surface area contributed by atoms with Crippen molar-refractivity contribution in [3.05, 3.63) is 58.9 Å². The molecule has 3 heteroatoms. The third-order valence-corrected chi connectivity index (χ3v) is 6.39. The van der Waals surface area contributed by atoms with Crippen molar-refractivity contribution < 1.29 is 10.0 Å². The van der Waals surface area contributed by atoms with Crippen LogP contribution in [-0.2, 0) is 10.8 Å². The van der Waals surface area contributed by atoms with Crippen molar-refractivity contribution in [1.29, 1.82) is 0 Å². The quantitative estimate of drug-likeness (QED) is 0.784. The van der Waals surface area contributed by atoms with Gasteiger partial charge in [-0.25, -0.2) is 0 Å². The number of rotatable bonds is 3. The van der Waals surface area contributed by atoms with Crippen LogP contribution in [0.5, 0.6) is 5.75 Å². The molecule has 158 valence electrons. The zero-order valence-electron chi connectivity index (χ0n) is 19.3. The molecule has 0 saturated carbocycles. The number of nitrogens with one attached hydrogen (secondary N) is 1. The van der Waals surface area contributed by atoms with Gasteiger partial charge in [0, 0.05) is 22.9 Å². The molecule has 0 amide bonds. The average Bonchev–Trinajstić information content (AvgIpc) is 2.63. The van der Waals surface area contributed by atoms with E-state index < -0.39 is 0 Å². The summed E-state index contributed by atoms with van der Waals surface area (Å²) in [5.41, 5.74) is 4.22. The highest BCUT2D eigenvalue weighted by molar-refractivity contribution is 5.51. The van der Waals surface area contributed by atoms with Crippen molar-refractivity contribution in [3.63, 3.8) is 0 Å². The summed E-state index contributed by atoms with van der Waals surface area (Å²) in [4.78, 5) is 6.36. The normalized spacial score (nSPS) is 21.8. The van der Waals surface area contributed by atoms with Gasteiger partial charge in [0.2, 0.25) is 0 Å². The summed E-state index contributed by atoms with van der Waals surface area (Å²) in [5, 5.41) is 11.2. The van der Waals surface area contributed by atoms with Gasteiger partial charge in [0.25, 0.3) is 0 Å². The van der Waals surface area contributed by atoms with Gasteiger partial charge in [-0.3, -0.25) is 4.98 Å². The van der Waals surface area contributed by atoms with E-state index in [0.29, 0.717) is 5.75 Å². The zero-order valence-corrected chi connectivity index (χ0v) is 19.3. The minimum atomic E-state index is -0.124. The van der Waals surface area contributed by atoms with Gasteiger partial charge in [0.1, 0.15) is 11.4 Å². The fraction of sp³-hybridized carbons (Fsp3) is 0.577. The van der Waals surface area contributed by atoms with E-state index in [1.807, 2.05) is 12.3 Å². The van der Waals surface area contributed by atoms with E-state index in [9.17, 15) is 5.11 Å². The van der Waals surface area contributed by atoms with E-state index in [2.05, 4.69) is 72.7 Å². The average molecular weight is 396 g/mol. The lowest BCUT2D eigenvalue weighted by atomic mass is 9.77. The first-order valence-electron chi connectivity index (χ1n) is 11.1. The molecule has 2 N–H and O–H groups in total. The van der Waals surface area contributed by atoms with Crippen LogP contribution in [0.4, 0.5) is 0 Å². The molecule has 1 aliphatic rings. The number of piperidine rings is 1. The number of phenols is 1. The van der Waals surface area contributed by atoms with Gasteiger partial charge in [-0.1, -0.05) is 54.5 Å². The molecule has 29 heavy (non-hydrogen) atoms. The Morgan fingerprint density at radius 3 is 1.97 bits per heavy atom. The molecule has 0 spiro atoms. The number of quaternary nitrogens is 1. The predicted molar refractivity (Wildman–Crippen MR) is 121 cm³/mol. The highest BCUT2D eigenvalue weighted by Gasteiger charge is 2.34. The van der Waals surface area contributed by atoms with Crippen LogP contribution in [0.2, 0.25) is 0 Å². The van der Waals surface area contributed by atoms with Crippen LogP contribution in [0.15, 0.2) is 36.5 Å². The van der Waals surface area contributed by atoms with Crippen LogP contribution in [0.25, 0.3) is 0 Å². The first-order chi connectivity index (χ1) is 13.5. The second kappa shape index (κ2) is 8.10. The lowest BCUT2D eigenvalue weighted by molar-refractivity contribution is -0.931. The van der Waals surface area contributed by atoms with Crippen LogP contribution < -0.4 is 4.90 Å². The molecule has 3 rings (SSSR count). The van der Waals surface area contributed by atoms with Gasteiger partial charge >= 0.3 is 0 Å². The fourth-order valence-corrected chi connectivity index (χ4v) is 4.55. The summed E-state index contributed by atoms with van der Waals surface area (Å²) in [6, 6.07) is 10.9. The topological polar surface area (TPSA) is 37.6 Å². The predicted octanol–water partition coefficient (Wildman–Crippen LogP) is 4.79. The smallest absolute Gasteiger partial charge is 0.156 e. The van der Waals surface area contributed by atoms with Crippen LogP contribution >= 0.6 is 0 Å². The number of phenolic OH excluding ortho intramolecular Hbond substituents is 1. The molecule has 0 unspecified atom stereocenters. The Balaban J connectivity index is 2.19. The molecule has 2 aromatic rings. The van der Waals surface area contributed by atoms with E-state index in [1.54, 1.807) is 4.90 Å². The Bertz CT molecular complexity index is 787. The lowest BCUT2D eigenvalue weighted by Crippen LogP contribution is -3.13. The number of aromatic hydroxyl groups is 1. The van der Waals surface area contributed by atoms with E-state index in [0.717, 1.165) is 22.7 Å².